The van der Waals surface area contributed by atoms with Crippen molar-refractivity contribution in [1.82, 2.24) is 4.98 Å². The first-order chi connectivity index (χ1) is 9.61. The molecule has 5 nitrogen and oxygen atoms in total. The Hall–Kier alpha value is -1.95. The van der Waals surface area contributed by atoms with Gasteiger partial charge in [0.15, 0.2) is 0 Å². The molecule has 0 saturated heterocycles. The zero-order valence-corrected chi connectivity index (χ0v) is 12.6. The number of hydrogen-bond donors (Lipinski definition) is 1. The molecule has 0 atom stereocenters. The Morgan fingerprint density at radius 2 is 2.10 bits per heavy atom. The van der Waals surface area contributed by atoms with Gasteiger partial charge in [-0.15, -0.1) is 0 Å². The van der Waals surface area contributed by atoms with E-state index in [4.69, 9.17) is 0 Å². The summed E-state index contributed by atoms with van der Waals surface area (Å²) in [5.41, 5.74) is 1.44. The molecule has 0 aliphatic rings. The van der Waals surface area contributed by atoms with Gasteiger partial charge in [0.2, 0.25) is 0 Å². The third-order valence-corrected chi connectivity index (χ3v) is 3.42. The molecule has 104 valence electrons. The molecule has 0 amide bonds. The maximum atomic E-state index is 11.0. The lowest BCUT2D eigenvalue weighted by molar-refractivity contribution is -0.384. The molecule has 1 aromatic carbocycles. The van der Waals surface area contributed by atoms with Crippen LogP contribution in [0.4, 0.5) is 11.5 Å². The third-order valence-electron chi connectivity index (χ3n) is 2.73. The second kappa shape index (κ2) is 6.47. The number of nitrogens with one attached hydrogen (secondary N) is 1. The normalized spacial score (nSPS) is 10.3. The molecule has 2 rings (SSSR count). The highest BCUT2D eigenvalue weighted by atomic mass is 79.9. The van der Waals surface area contributed by atoms with E-state index < -0.39 is 4.92 Å². The molecule has 1 aromatic heterocycles. The van der Waals surface area contributed by atoms with Crippen LogP contribution in [-0.4, -0.2) is 16.5 Å². The number of nitro groups is 1. The minimum atomic E-state index is -0.404. The zero-order valence-electron chi connectivity index (χ0n) is 11.0. The predicted octanol–water partition coefficient (Wildman–Crippen LogP) is 4.24. The van der Waals surface area contributed by atoms with Gasteiger partial charge in [0, 0.05) is 22.6 Å². The van der Waals surface area contributed by atoms with E-state index in [0.717, 1.165) is 23.0 Å². The highest BCUT2D eigenvalue weighted by molar-refractivity contribution is 9.10. The Labute approximate surface area is 125 Å². The van der Waals surface area contributed by atoms with Crippen molar-refractivity contribution >= 4 is 27.4 Å². The Kier molecular flexibility index (Phi) is 4.68. The molecule has 0 fully saturated rings. The van der Waals surface area contributed by atoms with Crippen LogP contribution < -0.4 is 5.32 Å². The summed E-state index contributed by atoms with van der Waals surface area (Å²) in [5.74, 6) is 0.520. The van der Waals surface area contributed by atoms with Crippen LogP contribution in [0.3, 0.4) is 0 Å². The number of aromatic nitrogens is 1. The highest BCUT2D eigenvalue weighted by Gasteiger charge is 2.13. The molecule has 0 aliphatic heterocycles. The van der Waals surface area contributed by atoms with Crippen LogP contribution in [0.15, 0.2) is 40.9 Å². The van der Waals surface area contributed by atoms with Crippen molar-refractivity contribution in [2.24, 2.45) is 0 Å². The maximum Gasteiger partial charge on any atom is 0.275 e. The number of benzene rings is 1. The maximum absolute atomic E-state index is 11.0. The van der Waals surface area contributed by atoms with E-state index in [1.165, 1.54) is 12.1 Å². The van der Waals surface area contributed by atoms with Crippen molar-refractivity contribution in [1.29, 1.82) is 0 Å². The van der Waals surface area contributed by atoms with Gasteiger partial charge < -0.3 is 5.32 Å². The number of halogens is 1. The Balaban J connectivity index is 2.49. The molecule has 1 N–H and O–H groups in total. The van der Waals surface area contributed by atoms with Gasteiger partial charge in [-0.25, -0.2) is 4.98 Å². The molecule has 0 unspecified atom stereocenters. The van der Waals surface area contributed by atoms with Crippen molar-refractivity contribution in [3.8, 4) is 11.3 Å². The van der Waals surface area contributed by atoms with Crippen LogP contribution >= 0.6 is 15.9 Å². The summed E-state index contributed by atoms with van der Waals surface area (Å²) in [6.07, 6.45) is 0.925. The zero-order chi connectivity index (χ0) is 14.5. The summed E-state index contributed by atoms with van der Waals surface area (Å²) < 4.78 is 0.856. The summed E-state index contributed by atoms with van der Waals surface area (Å²) in [5, 5.41) is 14.1. The Bertz CT molecular complexity index is 632. The van der Waals surface area contributed by atoms with Gasteiger partial charge in [-0.3, -0.25) is 10.1 Å². The molecular formula is C14H14BrN3O2. The van der Waals surface area contributed by atoms with E-state index in [-0.39, 0.29) is 5.69 Å². The molecule has 0 radical (unpaired) electrons. The minimum absolute atomic E-state index is 0.0318. The molecule has 2 aromatic rings. The first-order valence-electron chi connectivity index (χ1n) is 6.27. The van der Waals surface area contributed by atoms with Gasteiger partial charge in [0.05, 0.1) is 16.7 Å². The van der Waals surface area contributed by atoms with Crippen molar-refractivity contribution in [2.75, 3.05) is 11.9 Å². The van der Waals surface area contributed by atoms with Gasteiger partial charge in [-0.05, 0) is 12.5 Å². The summed E-state index contributed by atoms with van der Waals surface area (Å²) in [6, 6.07) is 10.5. The van der Waals surface area contributed by atoms with Crippen molar-refractivity contribution in [3.63, 3.8) is 0 Å². The lowest BCUT2D eigenvalue weighted by Gasteiger charge is -2.08. The SMILES string of the molecule is CCCNc1cc([N+](=O)[O-])cc(-c2ccccc2Br)n1. The van der Waals surface area contributed by atoms with Gasteiger partial charge in [-0.2, -0.15) is 0 Å². The number of nitrogens with zero attached hydrogens (tertiary/aromatic N) is 2. The number of rotatable bonds is 5. The van der Waals surface area contributed by atoms with Crippen molar-refractivity contribution in [3.05, 3.63) is 51.0 Å². The lowest BCUT2D eigenvalue weighted by Crippen LogP contribution is -2.03. The average Bonchev–Trinajstić information content (AvgIpc) is 2.45. The van der Waals surface area contributed by atoms with Crippen LogP contribution in [0.5, 0.6) is 0 Å². The minimum Gasteiger partial charge on any atom is -0.370 e. The third kappa shape index (κ3) is 3.33. The van der Waals surface area contributed by atoms with E-state index in [1.54, 1.807) is 0 Å². The van der Waals surface area contributed by atoms with Crippen LogP contribution in [0.2, 0.25) is 0 Å². The largest absolute Gasteiger partial charge is 0.370 e. The molecule has 20 heavy (non-hydrogen) atoms. The summed E-state index contributed by atoms with van der Waals surface area (Å²) >= 11 is 3.44. The Morgan fingerprint density at radius 1 is 1.35 bits per heavy atom. The van der Waals surface area contributed by atoms with Crippen LogP contribution in [-0.2, 0) is 0 Å². The highest BCUT2D eigenvalue weighted by Crippen LogP contribution is 2.30. The van der Waals surface area contributed by atoms with E-state index in [9.17, 15) is 10.1 Å². The van der Waals surface area contributed by atoms with E-state index >= 15 is 0 Å². The molecule has 0 saturated carbocycles. The fourth-order valence-electron chi connectivity index (χ4n) is 1.77. The van der Waals surface area contributed by atoms with Crippen LogP contribution in [0.25, 0.3) is 11.3 Å². The van der Waals surface area contributed by atoms with E-state index in [2.05, 4.69) is 26.2 Å². The first-order valence-corrected chi connectivity index (χ1v) is 7.06. The van der Waals surface area contributed by atoms with Crippen LogP contribution in [0, 0.1) is 10.1 Å². The molecular weight excluding hydrogens is 322 g/mol. The summed E-state index contributed by atoms with van der Waals surface area (Å²) in [7, 11) is 0. The quantitative estimate of drug-likeness (QED) is 0.655. The van der Waals surface area contributed by atoms with Gasteiger partial charge in [0.1, 0.15) is 5.82 Å². The first kappa shape index (κ1) is 14.5. The number of hydrogen-bond acceptors (Lipinski definition) is 4. The number of anilines is 1. The molecule has 0 spiro atoms. The van der Waals surface area contributed by atoms with Gasteiger partial charge >= 0.3 is 0 Å². The second-order valence-electron chi connectivity index (χ2n) is 4.26. The summed E-state index contributed by atoms with van der Waals surface area (Å²) in [6.45, 7) is 2.75. The standard InChI is InChI=1S/C14H14BrN3O2/c1-2-7-16-14-9-10(18(19)20)8-13(17-14)11-5-3-4-6-12(11)15/h3-6,8-9H,2,7H2,1H3,(H,16,17). The lowest BCUT2D eigenvalue weighted by atomic mass is 10.1. The van der Waals surface area contributed by atoms with Gasteiger partial charge in [-0.1, -0.05) is 41.1 Å². The second-order valence-corrected chi connectivity index (χ2v) is 5.11. The van der Waals surface area contributed by atoms with Crippen molar-refractivity contribution < 1.29 is 4.92 Å². The molecule has 0 aliphatic carbocycles. The molecule has 1 heterocycles. The smallest absolute Gasteiger partial charge is 0.275 e. The predicted molar refractivity (Wildman–Crippen MR) is 82.8 cm³/mol. The fourth-order valence-corrected chi connectivity index (χ4v) is 2.26. The van der Waals surface area contributed by atoms with E-state index in [0.29, 0.717) is 11.5 Å². The average molecular weight is 336 g/mol. The number of pyridine rings is 1. The van der Waals surface area contributed by atoms with E-state index in [1.807, 2.05) is 31.2 Å². The van der Waals surface area contributed by atoms with Crippen molar-refractivity contribution in [2.45, 2.75) is 13.3 Å². The molecule has 6 heteroatoms. The van der Waals surface area contributed by atoms with Gasteiger partial charge in [0.25, 0.3) is 5.69 Å². The monoisotopic (exact) mass is 335 g/mol. The van der Waals surface area contributed by atoms with Crippen LogP contribution in [0.1, 0.15) is 13.3 Å². The topological polar surface area (TPSA) is 68.1 Å². The fraction of sp³-hybridized carbons (Fsp3) is 0.214. The molecule has 0 bridgehead atoms. The summed E-state index contributed by atoms with van der Waals surface area (Å²) in [4.78, 5) is 15.1. The Morgan fingerprint density at radius 3 is 2.75 bits per heavy atom.